The first kappa shape index (κ1) is 15.5. The molecule has 1 atom stereocenters. The molecule has 0 radical (unpaired) electrons. The summed E-state index contributed by atoms with van der Waals surface area (Å²) in [7, 11) is 0. The van der Waals surface area contributed by atoms with Crippen LogP contribution in [0.1, 0.15) is 24.4 Å². The first-order valence-corrected chi connectivity index (χ1v) is 5.99. The number of halogens is 3. The number of amides is 1. The molecule has 0 saturated heterocycles. The van der Waals surface area contributed by atoms with Crippen LogP contribution in [0.25, 0.3) is 11.4 Å². The van der Waals surface area contributed by atoms with E-state index >= 15 is 0 Å². The second-order valence-corrected chi connectivity index (χ2v) is 4.31. The molecule has 1 aromatic heterocycles. The molecule has 1 N–H and O–H groups in total. The minimum Gasteiger partial charge on any atom is -0.337 e. The standard InChI is InChI=1S/C13H9F3N4O2/c1-7(21)18-10(6-17)8-2-4-9(5-3-8)11-19-12(22-20-11)13(14,15)16/h2-5,10H,1H3,(H,18,21). The van der Waals surface area contributed by atoms with Gasteiger partial charge in [0.1, 0.15) is 6.04 Å². The van der Waals surface area contributed by atoms with Gasteiger partial charge in [-0.05, 0) is 5.56 Å². The van der Waals surface area contributed by atoms with Crippen LogP contribution < -0.4 is 5.32 Å². The number of hydrogen-bond donors (Lipinski definition) is 1. The molecule has 1 amide bonds. The fraction of sp³-hybridized carbons (Fsp3) is 0.231. The van der Waals surface area contributed by atoms with E-state index in [1.807, 2.05) is 6.07 Å². The number of nitriles is 1. The molecule has 9 heteroatoms. The van der Waals surface area contributed by atoms with Gasteiger partial charge >= 0.3 is 12.1 Å². The number of benzene rings is 1. The van der Waals surface area contributed by atoms with Crippen molar-refractivity contribution in [1.29, 1.82) is 5.26 Å². The Kier molecular flexibility index (Phi) is 4.12. The van der Waals surface area contributed by atoms with Crippen molar-refractivity contribution in [1.82, 2.24) is 15.5 Å². The molecule has 0 aliphatic rings. The highest BCUT2D eigenvalue weighted by Crippen LogP contribution is 2.29. The quantitative estimate of drug-likeness (QED) is 0.940. The molecule has 0 saturated carbocycles. The number of carbonyl (C=O) groups excluding carboxylic acids is 1. The molecule has 1 aromatic carbocycles. The number of nitrogens with one attached hydrogen (secondary N) is 1. The smallest absolute Gasteiger partial charge is 0.337 e. The minimum atomic E-state index is -4.71. The van der Waals surface area contributed by atoms with Crippen molar-refractivity contribution >= 4 is 5.91 Å². The fourth-order valence-electron chi connectivity index (χ4n) is 1.67. The van der Waals surface area contributed by atoms with E-state index in [4.69, 9.17) is 5.26 Å². The van der Waals surface area contributed by atoms with Crippen LogP contribution in [-0.2, 0) is 11.0 Å². The van der Waals surface area contributed by atoms with Gasteiger partial charge in [0, 0.05) is 12.5 Å². The zero-order valence-corrected chi connectivity index (χ0v) is 11.2. The van der Waals surface area contributed by atoms with Crippen molar-refractivity contribution in [2.24, 2.45) is 0 Å². The second-order valence-electron chi connectivity index (χ2n) is 4.31. The van der Waals surface area contributed by atoms with Gasteiger partial charge in [-0.15, -0.1) is 0 Å². The maximum Gasteiger partial charge on any atom is 0.471 e. The number of nitrogens with zero attached hydrogens (tertiary/aromatic N) is 3. The molecular weight excluding hydrogens is 301 g/mol. The van der Waals surface area contributed by atoms with Gasteiger partial charge in [0.15, 0.2) is 0 Å². The molecule has 0 aliphatic carbocycles. The zero-order chi connectivity index (χ0) is 16.3. The zero-order valence-electron chi connectivity index (χ0n) is 11.2. The summed E-state index contributed by atoms with van der Waals surface area (Å²) in [4.78, 5) is 14.2. The average Bonchev–Trinajstić information content (AvgIpc) is 2.94. The second kappa shape index (κ2) is 5.85. The predicted octanol–water partition coefficient (Wildman–Crippen LogP) is 2.46. The van der Waals surface area contributed by atoms with Crippen molar-refractivity contribution in [3.8, 4) is 17.5 Å². The predicted molar refractivity (Wildman–Crippen MR) is 66.9 cm³/mol. The third kappa shape index (κ3) is 3.41. The third-order valence-electron chi connectivity index (χ3n) is 2.65. The Morgan fingerprint density at radius 2 is 2.00 bits per heavy atom. The molecule has 6 nitrogen and oxygen atoms in total. The normalized spacial score (nSPS) is 12.5. The lowest BCUT2D eigenvalue weighted by molar-refractivity contribution is -0.159. The third-order valence-corrected chi connectivity index (χ3v) is 2.65. The van der Waals surface area contributed by atoms with Crippen LogP contribution in [0.5, 0.6) is 0 Å². The highest BCUT2D eigenvalue weighted by atomic mass is 19.4. The molecule has 0 fully saturated rings. The Bertz CT molecular complexity index is 716. The maximum absolute atomic E-state index is 12.4. The summed E-state index contributed by atoms with van der Waals surface area (Å²) in [6, 6.07) is 6.91. The van der Waals surface area contributed by atoms with Gasteiger partial charge in [0.05, 0.1) is 6.07 Å². The van der Waals surface area contributed by atoms with E-state index in [-0.39, 0.29) is 11.7 Å². The van der Waals surface area contributed by atoms with Crippen LogP contribution in [0.4, 0.5) is 13.2 Å². The number of hydrogen-bond acceptors (Lipinski definition) is 5. The molecule has 0 aliphatic heterocycles. The number of alkyl halides is 3. The van der Waals surface area contributed by atoms with Gasteiger partial charge in [-0.3, -0.25) is 4.79 Å². The summed E-state index contributed by atoms with van der Waals surface area (Å²) in [6.45, 7) is 1.27. The van der Waals surface area contributed by atoms with Crippen LogP contribution in [-0.4, -0.2) is 16.0 Å². The van der Waals surface area contributed by atoms with E-state index in [0.29, 0.717) is 11.1 Å². The lowest BCUT2D eigenvalue weighted by Crippen LogP contribution is -2.24. The van der Waals surface area contributed by atoms with Gasteiger partial charge in [0.25, 0.3) is 0 Å². The Labute approximate surface area is 122 Å². The topological polar surface area (TPSA) is 91.8 Å². The van der Waals surface area contributed by atoms with E-state index in [1.165, 1.54) is 31.2 Å². The summed E-state index contributed by atoms with van der Waals surface area (Å²) >= 11 is 0. The molecule has 1 unspecified atom stereocenters. The lowest BCUT2D eigenvalue weighted by Gasteiger charge is -2.10. The molecule has 114 valence electrons. The van der Waals surface area contributed by atoms with E-state index in [1.54, 1.807) is 0 Å². The van der Waals surface area contributed by atoms with Gasteiger partial charge in [0.2, 0.25) is 11.7 Å². The Hall–Kier alpha value is -2.89. The van der Waals surface area contributed by atoms with Crippen molar-refractivity contribution in [3.05, 3.63) is 35.7 Å². The van der Waals surface area contributed by atoms with Crippen molar-refractivity contribution in [2.45, 2.75) is 19.1 Å². The van der Waals surface area contributed by atoms with E-state index in [2.05, 4.69) is 20.0 Å². The Morgan fingerprint density at radius 1 is 1.36 bits per heavy atom. The first-order chi connectivity index (χ1) is 10.3. The van der Waals surface area contributed by atoms with Crippen LogP contribution in [0.15, 0.2) is 28.8 Å². The fourth-order valence-corrected chi connectivity index (χ4v) is 1.67. The SMILES string of the molecule is CC(=O)NC(C#N)c1ccc(-c2noc(C(F)(F)F)n2)cc1. The Morgan fingerprint density at radius 3 is 2.45 bits per heavy atom. The first-order valence-electron chi connectivity index (χ1n) is 5.99. The van der Waals surface area contributed by atoms with Crippen LogP contribution in [0, 0.1) is 11.3 Å². The van der Waals surface area contributed by atoms with Crippen LogP contribution >= 0.6 is 0 Å². The molecule has 22 heavy (non-hydrogen) atoms. The van der Waals surface area contributed by atoms with E-state index < -0.39 is 18.1 Å². The van der Waals surface area contributed by atoms with Crippen LogP contribution in [0.3, 0.4) is 0 Å². The van der Waals surface area contributed by atoms with Crippen molar-refractivity contribution in [2.75, 3.05) is 0 Å². The highest BCUT2D eigenvalue weighted by molar-refractivity contribution is 5.74. The van der Waals surface area contributed by atoms with Gasteiger partial charge in [-0.25, -0.2) is 0 Å². The van der Waals surface area contributed by atoms with Crippen molar-refractivity contribution in [3.63, 3.8) is 0 Å². The van der Waals surface area contributed by atoms with E-state index in [9.17, 15) is 18.0 Å². The average molecular weight is 310 g/mol. The molecule has 1 heterocycles. The summed E-state index contributed by atoms with van der Waals surface area (Å²) in [5, 5.41) is 14.7. The number of rotatable bonds is 3. The molecule has 2 rings (SSSR count). The molecule has 2 aromatic rings. The van der Waals surface area contributed by atoms with Gasteiger partial charge in [-0.1, -0.05) is 29.4 Å². The van der Waals surface area contributed by atoms with Gasteiger partial charge in [-0.2, -0.15) is 23.4 Å². The van der Waals surface area contributed by atoms with Crippen molar-refractivity contribution < 1.29 is 22.5 Å². The molecule has 0 spiro atoms. The monoisotopic (exact) mass is 310 g/mol. The summed E-state index contributed by atoms with van der Waals surface area (Å²) < 4.78 is 41.3. The van der Waals surface area contributed by atoms with E-state index in [0.717, 1.165) is 0 Å². The minimum absolute atomic E-state index is 0.216. The highest BCUT2D eigenvalue weighted by Gasteiger charge is 2.38. The molecular formula is C13H9F3N4O2. The van der Waals surface area contributed by atoms with Crippen LogP contribution in [0.2, 0.25) is 0 Å². The largest absolute Gasteiger partial charge is 0.471 e. The summed E-state index contributed by atoms with van der Waals surface area (Å²) in [6.07, 6.45) is -4.71. The summed E-state index contributed by atoms with van der Waals surface area (Å²) in [5.41, 5.74) is 0.781. The molecule has 0 bridgehead atoms. The van der Waals surface area contributed by atoms with Gasteiger partial charge < -0.3 is 9.84 Å². The summed E-state index contributed by atoms with van der Waals surface area (Å²) in [5.74, 6) is -2.02. The number of aromatic nitrogens is 2. The lowest BCUT2D eigenvalue weighted by atomic mass is 10.1. The Balaban J connectivity index is 2.24. The number of carbonyl (C=O) groups is 1. The maximum atomic E-state index is 12.4.